The van der Waals surface area contributed by atoms with Gasteiger partial charge in [0.05, 0.1) is 17.1 Å². The van der Waals surface area contributed by atoms with Gasteiger partial charge in [-0.1, -0.05) is 0 Å². The third-order valence-corrected chi connectivity index (χ3v) is 3.13. The van der Waals surface area contributed by atoms with Crippen LogP contribution in [0.4, 0.5) is 11.4 Å². The largest absolute Gasteiger partial charge is 0.478 e. The second-order valence-electron chi connectivity index (χ2n) is 4.67. The van der Waals surface area contributed by atoms with E-state index in [9.17, 15) is 20.0 Å². The van der Waals surface area contributed by atoms with Crippen LogP contribution in [0.2, 0.25) is 0 Å². The summed E-state index contributed by atoms with van der Waals surface area (Å²) in [5.74, 6) is -1.18. The maximum absolute atomic E-state index is 10.9. The molecule has 0 aromatic heterocycles. The fourth-order valence-electron chi connectivity index (χ4n) is 1.97. The second kappa shape index (κ2) is 5.43. The standard InChI is InChI=1S/C12H14N2O6/c15-11(16)8-1-2-10(14(18)19)9(5-8)13-6-12(17)3-4-20-7-12/h1-2,5,13,17H,3-4,6-7H2,(H,15,16). The fourth-order valence-corrected chi connectivity index (χ4v) is 1.97. The van der Waals surface area contributed by atoms with E-state index in [4.69, 9.17) is 9.84 Å². The highest BCUT2D eigenvalue weighted by Crippen LogP contribution is 2.27. The lowest BCUT2D eigenvalue weighted by atomic mass is 10.0. The number of carboxylic acid groups (broad SMARTS) is 1. The summed E-state index contributed by atoms with van der Waals surface area (Å²) in [6.45, 7) is 0.624. The molecule has 0 saturated carbocycles. The molecule has 1 unspecified atom stereocenters. The summed E-state index contributed by atoms with van der Waals surface area (Å²) < 4.78 is 5.07. The molecule has 1 fully saturated rings. The average molecular weight is 282 g/mol. The van der Waals surface area contributed by atoms with Crippen LogP contribution < -0.4 is 5.32 Å². The maximum atomic E-state index is 10.9. The third kappa shape index (κ3) is 3.03. The first-order valence-corrected chi connectivity index (χ1v) is 5.97. The zero-order valence-electron chi connectivity index (χ0n) is 10.5. The number of nitrogens with zero attached hydrogens (tertiary/aromatic N) is 1. The molecular formula is C12H14N2O6. The third-order valence-electron chi connectivity index (χ3n) is 3.13. The molecule has 0 spiro atoms. The number of nitro benzene ring substituents is 1. The smallest absolute Gasteiger partial charge is 0.335 e. The minimum Gasteiger partial charge on any atom is -0.478 e. The van der Waals surface area contributed by atoms with Crippen molar-refractivity contribution in [2.45, 2.75) is 12.0 Å². The molecule has 1 aliphatic rings. The zero-order chi connectivity index (χ0) is 14.8. The molecule has 1 heterocycles. The summed E-state index contributed by atoms with van der Waals surface area (Å²) in [7, 11) is 0. The van der Waals surface area contributed by atoms with Crippen molar-refractivity contribution in [2.24, 2.45) is 0 Å². The zero-order valence-corrected chi connectivity index (χ0v) is 10.5. The van der Waals surface area contributed by atoms with Crippen molar-refractivity contribution in [3.63, 3.8) is 0 Å². The van der Waals surface area contributed by atoms with Gasteiger partial charge in [0.25, 0.3) is 5.69 Å². The van der Waals surface area contributed by atoms with E-state index < -0.39 is 16.5 Å². The van der Waals surface area contributed by atoms with Crippen LogP contribution in [0.25, 0.3) is 0 Å². The van der Waals surface area contributed by atoms with Crippen LogP contribution in [0.1, 0.15) is 16.8 Å². The first-order valence-electron chi connectivity index (χ1n) is 5.97. The van der Waals surface area contributed by atoms with E-state index >= 15 is 0 Å². The number of rotatable bonds is 5. The number of carbonyl (C=O) groups is 1. The Morgan fingerprint density at radius 3 is 2.85 bits per heavy atom. The number of ether oxygens (including phenoxy) is 1. The quantitative estimate of drug-likeness (QED) is 0.540. The van der Waals surface area contributed by atoms with E-state index in [1.54, 1.807) is 0 Å². The van der Waals surface area contributed by atoms with Gasteiger partial charge in [0.1, 0.15) is 11.3 Å². The van der Waals surface area contributed by atoms with Crippen molar-refractivity contribution >= 4 is 17.3 Å². The predicted octanol–water partition coefficient (Wildman–Crippen LogP) is 0.856. The highest BCUT2D eigenvalue weighted by molar-refractivity contribution is 5.90. The molecule has 3 N–H and O–H groups in total. The molecule has 2 rings (SSSR count). The molecule has 108 valence electrons. The van der Waals surface area contributed by atoms with Gasteiger partial charge in [0.15, 0.2) is 0 Å². The van der Waals surface area contributed by atoms with E-state index in [-0.39, 0.29) is 30.1 Å². The molecule has 1 aromatic carbocycles. The molecule has 0 amide bonds. The normalized spacial score (nSPS) is 21.6. The van der Waals surface area contributed by atoms with Crippen molar-refractivity contribution < 1.29 is 24.7 Å². The number of anilines is 1. The van der Waals surface area contributed by atoms with E-state index in [0.29, 0.717) is 13.0 Å². The molecule has 0 aliphatic carbocycles. The van der Waals surface area contributed by atoms with Crippen molar-refractivity contribution in [1.82, 2.24) is 0 Å². The van der Waals surface area contributed by atoms with E-state index in [2.05, 4.69) is 5.32 Å². The average Bonchev–Trinajstić information content (AvgIpc) is 2.83. The molecule has 20 heavy (non-hydrogen) atoms. The van der Waals surface area contributed by atoms with Gasteiger partial charge in [0.2, 0.25) is 0 Å². The minimum atomic E-state index is -1.18. The van der Waals surface area contributed by atoms with Crippen LogP contribution in [0, 0.1) is 10.1 Å². The van der Waals surface area contributed by atoms with Crippen LogP contribution in [0.5, 0.6) is 0 Å². The number of nitrogens with one attached hydrogen (secondary N) is 1. The molecule has 0 bridgehead atoms. The number of benzene rings is 1. The Hall–Kier alpha value is -2.19. The summed E-state index contributed by atoms with van der Waals surface area (Å²) in [4.78, 5) is 21.2. The minimum absolute atomic E-state index is 0.0525. The van der Waals surface area contributed by atoms with Crippen molar-refractivity contribution in [3.05, 3.63) is 33.9 Å². The number of hydrogen-bond acceptors (Lipinski definition) is 6. The molecule has 1 aliphatic heterocycles. The summed E-state index contributed by atoms with van der Waals surface area (Å²) >= 11 is 0. The van der Waals surface area contributed by atoms with Crippen molar-refractivity contribution in [3.8, 4) is 0 Å². The Balaban J connectivity index is 2.21. The molecule has 0 radical (unpaired) electrons. The van der Waals surface area contributed by atoms with Gasteiger partial charge < -0.3 is 20.3 Å². The predicted molar refractivity (Wildman–Crippen MR) is 68.9 cm³/mol. The fraction of sp³-hybridized carbons (Fsp3) is 0.417. The first kappa shape index (κ1) is 14.2. The highest BCUT2D eigenvalue weighted by Gasteiger charge is 2.32. The second-order valence-corrected chi connectivity index (χ2v) is 4.67. The Bertz CT molecular complexity index is 539. The monoisotopic (exact) mass is 282 g/mol. The van der Waals surface area contributed by atoms with Gasteiger partial charge in [0, 0.05) is 25.6 Å². The number of hydrogen-bond donors (Lipinski definition) is 3. The van der Waals surface area contributed by atoms with Gasteiger partial charge in [-0.05, 0) is 12.1 Å². The van der Waals surface area contributed by atoms with Crippen LogP contribution in [-0.2, 0) is 4.74 Å². The van der Waals surface area contributed by atoms with E-state index in [1.165, 1.54) is 12.1 Å². The van der Waals surface area contributed by atoms with Gasteiger partial charge in [-0.2, -0.15) is 0 Å². The lowest BCUT2D eigenvalue weighted by Gasteiger charge is -2.21. The maximum Gasteiger partial charge on any atom is 0.335 e. The van der Waals surface area contributed by atoms with Gasteiger partial charge in [-0.3, -0.25) is 10.1 Å². The summed E-state index contributed by atoms with van der Waals surface area (Å²) in [6.07, 6.45) is 0.423. The first-order chi connectivity index (χ1) is 9.41. The van der Waals surface area contributed by atoms with Crippen molar-refractivity contribution in [1.29, 1.82) is 0 Å². The molecule has 8 nitrogen and oxygen atoms in total. The molecular weight excluding hydrogens is 268 g/mol. The lowest BCUT2D eigenvalue weighted by molar-refractivity contribution is -0.384. The summed E-state index contributed by atoms with van der Waals surface area (Å²) in [6, 6.07) is 3.47. The van der Waals surface area contributed by atoms with Crippen LogP contribution in [0.3, 0.4) is 0 Å². The van der Waals surface area contributed by atoms with Crippen LogP contribution >= 0.6 is 0 Å². The molecule has 8 heteroatoms. The molecule has 1 saturated heterocycles. The molecule has 1 aromatic rings. The summed E-state index contributed by atoms with van der Waals surface area (Å²) in [5.41, 5.74) is -1.33. The Morgan fingerprint density at radius 2 is 2.30 bits per heavy atom. The Labute approximate surface area is 114 Å². The van der Waals surface area contributed by atoms with E-state index in [0.717, 1.165) is 6.07 Å². The van der Waals surface area contributed by atoms with Gasteiger partial charge >= 0.3 is 5.97 Å². The SMILES string of the molecule is O=C(O)c1ccc([N+](=O)[O-])c(NCC2(O)CCOC2)c1. The number of aliphatic hydroxyl groups is 1. The van der Waals surface area contributed by atoms with Gasteiger partial charge in [-0.15, -0.1) is 0 Å². The highest BCUT2D eigenvalue weighted by atomic mass is 16.6. The Kier molecular flexibility index (Phi) is 3.86. The van der Waals surface area contributed by atoms with Crippen molar-refractivity contribution in [2.75, 3.05) is 25.1 Å². The van der Waals surface area contributed by atoms with Gasteiger partial charge in [-0.25, -0.2) is 4.79 Å². The topological polar surface area (TPSA) is 122 Å². The Morgan fingerprint density at radius 1 is 1.55 bits per heavy atom. The number of nitro groups is 1. The van der Waals surface area contributed by atoms with E-state index in [1.807, 2.05) is 0 Å². The summed E-state index contributed by atoms with van der Waals surface area (Å²) in [5, 5.41) is 32.6. The van der Waals surface area contributed by atoms with Crippen LogP contribution in [0.15, 0.2) is 18.2 Å². The van der Waals surface area contributed by atoms with Crippen LogP contribution in [-0.4, -0.2) is 46.5 Å². The molecule has 1 atom stereocenters. The lowest BCUT2D eigenvalue weighted by Crippen LogP contribution is -2.37. The number of carboxylic acids is 1. The number of aromatic carboxylic acids is 1.